The lowest BCUT2D eigenvalue weighted by atomic mass is 10.4. The van der Waals surface area contributed by atoms with Crippen molar-refractivity contribution in [2.75, 3.05) is 0 Å². The second kappa shape index (κ2) is 4.21. The third-order valence-corrected chi connectivity index (χ3v) is 2.26. The smallest absolute Gasteiger partial charge is 0.0738 e. The van der Waals surface area contributed by atoms with E-state index in [0.29, 0.717) is 0 Å². The summed E-state index contributed by atoms with van der Waals surface area (Å²) in [5.74, 6) is 0. The molecule has 0 saturated heterocycles. The van der Waals surface area contributed by atoms with Crippen LogP contribution in [0.15, 0.2) is 47.9 Å². The molecular weight excluding hydrogens is 154 g/mol. The monoisotopic (exact) mass is 165 g/mol. The fourth-order valence-corrected chi connectivity index (χ4v) is 1.43. The average molecular weight is 165 g/mol. The van der Waals surface area contributed by atoms with E-state index in [2.05, 4.69) is 6.58 Å². The van der Waals surface area contributed by atoms with E-state index in [9.17, 15) is 0 Å². The van der Waals surface area contributed by atoms with Gasteiger partial charge in [-0.05, 0) is 12.1 Å². The zero-order valence-electron chi connectivity index (χ0n) is 6.23. The molecule has 0 aliphatic rings. The molecule has 1 atom stereocenters. The molecule has 58 valence electrons. The van der Waals surface area contributed by atoms with Crippen LogP contribution in [0.25, 0.3) is 0 Å². The molecule has 1 nitrogen and oxygen atoms in total. The fraction of sp³-hybridized carbons (Fsp3) is 0.111. The number of rotatable bonds is 3. The summed E-state index contributed by atoms with van der Waals surface area (Å²) in [7, 11) is 0. The van der Waals surface area contributed by atoms with Gasteiger partial charge >= 0.3 is 0 Å². The van der Waals surface area contributed by atoms with Crippen LogP contribution >= 0.6 is 11.8 Å². The van der Waals surface area contributed by atoms with Gasteiger partial charge in [-0.15, -0.1) is 18.3 Å². The van der Waals surface area contributed by atoms with Crippen LogP contribution in [0.5, 0.6) is 0 Å². The summed E-state index contributed by atoms with van der Waals surface area (Å²) in [4.78, 5) is 1.18. The Labute approximate surface area is 71.3 Å². The van der Waals surface area contributed by atoms with Gasteiger partial charge in [0.15, 0.2) is 0 Å². The first-order valence-corrected chi connectivity index (χ1v) is 4.31. The van der Waals surface area contributed by atoms with Gasteiger partial charge in [0.1, 0.15) is 0 Å². The highest BCUT2D eigenvalue weighted by atomic mass is 32.2. The van der Waals surface area contributed by atoms with E-state index < -0.39 is 0 Å². The summed E-state index contributed by atoms with van der Waals surface area (Å²) in [6.07, 6.45) is 1.73. The van der Waals surface area contributed by atoms with Crippen LogP contribution < -0.4 is 5.73 Å². The summed E-state index contributed by atoms with van der Waals surface area (Å²) < 4.78 is 0. The lowest BCUT2D eigenvalue weighted by Gasteiger charge is -2.04. The van der Waals surface area contributed by atoms with Crippen molar-refractivity contribution in [3.05, 3.63) is 43.0 Å². The molecule has 0 aliphatic heterocycles. The van der Waals surface area contributed by atoms with Crippen molar-refractivity contribution in [3.63, 3.8) is 0 Å². The molecule has 2 N–H and O–H groups in total. The highest BCUT2D eigenvalue weighted by Gasteiger charge is 1.96. The Bertz CT molecular complexity index is 220. The van der Waals surface area contributed by atoms with Crippen molar-refractivity contribution in [2.24, 2.45) is 5.73 Å². The first-order valence-electron chi connectivity index (χ1n) is 3.43. The Morgan fingerprint density at radius 3 is 2.55 bits per heavy atom. The molecule has 0 spiro atoms. The molecule has 1 aromatic carbocycles. The Morgan fingerprint density at radius 2 is 2.00 bits per heavy atom. The van der Waals surface area contributed by atoms with Gasteiger partial charge in [0.2, 0.25) is 0 Å². The van der Waals surface area contributed by atoms with Gasteiger partial charge in [-0.2, -0.15) is 0 Å². The minimum atomic E-state index is -0.00241. The zero-order valence-corrected chi connectivity index (χ0v) is 7.05. The maximum absolute atomic E-state index is 5.65. The SMILES string of the molecule is C=CC(N)Sc1ccccc1. The number of benzene rings is 1. The van der Waals surface area contributed by atoms with Crippen molar-refractivity contribution < 1.29 is 0 Å². The van der Waals surface area contributed by atoms with E-state index in [1.165, 1.54) is 4.90 Å². The maximum atomic E-state index is 5.65. The Morgan fingerprint density at radius 1 is 1.36 bits per heavy atom. The molecule has 0 saturated carbocycles. The van der Waals surface area contributed by atoms with Crippen LogP contribution in [0, 0.1) is 0 Å². The van der Waals surface area contributed by atoms with E-state index >= 15 is 0 Å². The standard InChI is InChI=1S/C9H11NS/c1-2-9(10)11-8-6-4-3-5-7-8/h2-7,9H,1,10H2. The molecule has 0 aliphatic carbocycles. The molecule has 0 heterocycles. The number of hydrogen-bond acceptors (Lipinski definition) is 2. The van der Waals surface area contributed by atoms with Gasteiger partial charge in [0.05, 0.1) is 5.37 Å². The largest absolute Gasteiger partial charge is 0.316 e. The number of thioether (sulfide) groups is 1. The predicted molar refractivity (Wildman–Crippen MR) is 50.5 cm³/mol. The predicted octanol–water partition coefficient (Wildman–Crippen LogP) is 2.25. The Balaban J connectivity index is 2.57. The number of nitrogens with two attached hydrogens (primary N) is 1. The van der Waals surface area contributed by atoms with Gasteiger partial charge in [0.25, 0.3) is 0 Å². The van der Waals surface area contributed by atoms with E-state index in [1.54, 1.807) is 17.8 Å². The maximum Gasteiger partial charge on any atom is 0.0738 e. The lowest BCUT2D eigenvalue weighted by molar-refractivity contribution is 1.16. The highest BCUT2D eigenvalue weighted by Crippen LogP contribution is 2.19. The zero-order chi connectivity index (χ0) is 8.10. The molecule has 1 rings (SSSR count). The van der Waals surface area contributed by atoms with Gasteiger partial charge in [-0.25, -0.2) is 0 Å². The summed E-state index contributed by atoms with van der Waals surface area (Å²) in [6, 6.07) is 10.1. The van der Waals surface area contributed by atoms with Crippen molar-refractivity contribution in [1.82, 2.24) is 0 Å². The van der Waals surface area contributed by atoms with Gasteiger partial charge in [-0.1, -0.05) is 24.3 Å². The Kier molecular flexibility index (Phi) is 3.20. The number of hydrogen-bond donors (Lipinski definition) is 1. The van der Waals surface area contributed by atoms with Crippen LogP contribution in [0.3, 0.4) is 0 Å². The molecular formula is C9H11NS. The minimum absolute atomic E-state index is 0.00241. The Hall–Kier alpha value is -0.730. The minimum Gasteiger partial charge on any atom is -0.316 e. The van der Waals surface area contributed by atoms with E-state index in [4.69, 9.17) is 5.73 Å². The first kappa shape index (κ1) is 8.37. The third kappa shape index (κ3) is 2.78. The van der Waals surface area contributed by atoms with Gasteiger partial charge < -0.3 is 5.73 Å². The lowest BCUT2D eigenvalue weighted by Crippen LogP contribution is -2.10. The van der Waals surface area contributed by atoms with E-state index in [1.807, 2.05) is 30.3 Å². The summed E-state index contributed by atoms with van der Waals surface area (Å²) >= 11 is 1.60. The molecule has 0 bridgehead atoms. The van der Waals surface area contributed by atoms with E-state index in [-0.39, 0.29) is 5.37 Å². The van der Waals surface area contributed by atoms with Crippen molar-refractivity contribution >= 4 is 11.8 Å². The van der Waals surface area contributed by atoms with Crippen LogP contribution in [0.2, 0.25) is 0 Å². The van der Waals surface area contributed by atoms with Crippen molar-refractivity contribution in [1.29, 1.82) is 0 Å². The summed E-state index contributed by atoms with van der Waals surface area (Å²) in [6.45, 7) is 3.61. The van der Waals surface area contributed by atoms with Crippen LogP contribution in [-0.2, 0) is 0 Å². The normalized spacial score (nSPS) is 12.5. The molecule has 1 unspecified atom stereocenters. The molecule has 0 aromatic heterocycles. The fourth-order valence-electron chi connectivity index (χ4n) is 0.704. The van der Waals surface area contributed by atoms with Crippen LogP contribution in [-0.4, -0.2) is 5.37 Å². The van der Waals surface area contributed by atoms with Crippen molar-refractivity contribution in [3.8, 4) is 0 Å². The first-order chi connectivity index (χ1) is 5.33. The third-order valence-electron chi connectivity index (χ3n) is 1.25. The topological polar surface area (TPSA) is 26.0 Å². The van der Waals surface area contributed by atoms with Gasteiger partial charge in [0, 0.05) is 4.90 Å². The summed E-state index contributed by atoms with van der Waals surface area (Å²) in [5, 5.41) is -0.00241. The molecule has 0 radical (unpaired) electrons. The molecule has 2 heteroatoms. The quantitative estimate of drug-likeness (QED) is 0.422. The van der Waals surface area contributed by atoms with Crippen LogP contribution in [0.1, 0.15) is 0 Å². The van der Waals surface area contributed by atoms with Crippen LogP contribution in [0.4, 0.5) is 0 Å². The highest BCUT2D eigenvalue weighted by molar-refractivity contribution is 8.00. The molecule has 0 amide bonds. The van der Waals surface area contributed by atoms with Crippen molar-refractivity contribution in [2.45, 2.75) is 10.3 Å². The average Bonchev–Trinajstić information content (AvgIpc) is 2.06. The molecule has 1 aromatic rings. The summed E-state index contributed by atoms with van der Waals surface area (Å²) in [5.41, 5.74) is 5.65. The van der Waals surface area contributed by atoms with E-state index in [0.717, 1.165) is 0 Å². The second-order valence-corrected chi connectivity index (χ2v) is 3.38. The van der Waals surface area contributed by atoms with Gasteiger partial charge in [-0.3, -0.25) is 0 Å². The molecule has 0 fully saturated rings. The molecule has 11 heavy (non-hydrogen) atoms. The second-order valence-electron chi connectivity index (χ2n) is 2.13.